The molecule has 18 heavy (non-hydrogen) atoms. The first-order valence-corrected chi connectivity index (χ1v) is 8.00. The Morgan fingerprint density at radius 2 is 1.78 bits per heavy atom. The van der Waals surface area contributed by atoms with Crippen molar-refractivity contribution in [3.63, 3.8) is 0 Å². The summed E-state index contributed by atoms with van der Waals surface area (Å²) in [5, 5.41) is 0. The van der Waals surface area contributed by atoms with Crippen molar-refractivity contribution in [2.75, 3.05) is 13.6 Å². The molecule has 0 radical (unpaired) electrons. The zero-order valence-corrected chi connectivity index (χ0v) is 14.5. The van der Waals surface area contributed by atoms with Crippen LogP contribution in [0.3, 0.4) is 0 Å². The van der Waals surface area contributed by atoms with Gasteiger partial charge in [0.25, 0.3) is 0 Å². The van der Waals surface area contributed by atoms with Gasteiger partial charge in [0.05, 0.1) is 0 Å². The number of nitrogens with two attached hydrogens (primary N) is 1. The maximum absolute atomic E-state index is 5.97. The standard InChI is InChI=1S/C14H22Br2N2/c1-4-11(5-2)18(3)14(9-17)10-6-7-12(15)13(16)8-10/h6-8,11,14H,4-5,9,17H2,1-3H3. The zero-order chi connectivity index (χ0) is 13.7. The largest absolute Gasteiger partial charge is 0.329 e. The lowest BCUT2D eigenvalue weighted by atomic mass is 10.0. The molecule has 1 unspecified atom stereocenters. The van der Waals surface area contributed by atoms with Gasteiger partial charge in [-0.15, -0.1) is 0 Å². The van der Waals surface area contributed by atoms with E-state index >= 15 is 0 Å². The van der Waals surface area contributed by atoms with Crippen molar-refractivity contribution in [3.05, 3.63) is 32.7 Å². The van der Waals surface area contributed by atoms with E-state index in [0.29, 0.717) is 12.6 Å². The van der Waals surface area contributed by atoms with Crippen LogP contribution in [0.25, 0.3) is 0 Å². The predicted octanol–water partition coefficient (Wildman–Crippen LogP) is 4.33. The number of hydrogen-bond donors (Lipinski definition) is 1. The summed E-state index contributed by atoms with van der Waals surface area (Å²) in [6, 6.07) is 7.23. The van der Waals surface area contributed by atoms with E-state index in [-0.39, 0.29) is 6.04 Å². The lowest BCUT2D eigenvalue weighted by Crippen LogP contribution is -2.38. The van der Waals surface area contributed by atoms with Crippen LogP contribution >= 0.6 is 31.9 Å². The molecular formula is C14H22Br2N2. The molecule has 1 atom stereocenters. The molecule has 2 N–H and O–H groups in total. The lowest BCUT2D eigenvalue weighted by Gasteiger charge is -2.34. The van der Waals surface area contributed by atoms with Crippen LogP contribution in [-0.4, -0.2) is 24.5 Å². The summed E-state index contributed by atoms with van der Waals surface area (Å²) in [7, 11) is 2.17. The third kappa shape index (κ3) is 3.80. The van der Waals surface area contributed by atoms with Gasteiger partial charge in [0.15, 0.2) is 0 Å². The van der Waals surface area contributed by atoms with Crippen LogP contribution in [0.1, 0.15) is 38.3 Å². The average Bonchev–Trinajstić information content (AvgIpc) is 2.36. The van der Waals surface area contributed by atoms with Crippen LogP contribution in [0.5, 0.6) is 0 Å². The first-order chi connectivity index (χ1) is 8.54. The van der Waals surface area contributed by atoms with Crippen LogP contribution in [0.15, 0.2) is 27.1 Å². The minimum atomic E-state index is 0.277. The van der Waals surface area contributed by atoms with Gasteiger partial charge in [-0.3, -0.25) is 4.90 Å². The second kappa shape index (κ2) is 7.63. The molecule has 0 spiro atoms. The molecule has 0 heterocycles. The van der Waals surface area contributed by atoms with Gasteiger partial charge >= 0.3 is 0 Å². The van der Waals surface area contributed by atoms with Crippen LogP contribution in [-0.2, 0) is 0 Å². The summed E-state index contributed by atoms with van der Waals surface area (Å²) in [5.74, 6) is 0. The second-order valence-corrected chi connectivity index (χ2v) is 6.27. The van der Waals surface area contributed by atoms with Gasteiger partial charge in [0.1, 0.15) is 0 Å². The molecule has 0 fully saturated rings. The highest BCUT2D eigenvalue weighted by Crippen LogP contribution is 2.29. The molecule has 1 aromatic carbocycles. The Bertz CT molecular complexity index is 378. The van der Waals surface area contributed by atoms with Gasteiger partial charge < -0.3 is 5.73 Å². The van der Waals surface area contributed by atoms with Crippen molar-refractivity contribution in [2.45, 2.75) is 38.8 Å². The van der Waals surface area contributed by atoms with E-state index < -0.39 is 0 Å². The highest BCUT2D eigenvalue weighted by atomic mass is 79.9. The van der Waals surface area contributed by atoms with E-state index in [9.17, 15) is 0 Å². The molecule has 0 saturated carbocycles. The number of halogens is 2. The van der Waals surface area contributed by atoms with Gasteiger partial charge in [-0.25, -0.2) is 0 Å². The molecule has 4 heteroatoms. The number of rotatable bonds is 6. The Balaban J connectivity index is 2.97. The van der Waals surface area contributed by atoms with Gasteiger partial charge in [0.2, 0.25) is 0 Å². The van der Waals surface area contributed by atoms with Crippen LogP contribution in [0.2, 0.25) is 0 Å². The van der Waals surface area contributed by atoms with Crippen LogP contribution in [0, 0.1) is 0 Å². The summed E-state index contributed by atoms with van der Waals surface area (Å²) >= 11 is 7.06. The molecular weight excluding hydrogens is 356 g/mol. The number of nitrogens with zero attached hydrogens (tertiary/aromatic N) is 1. The van der Waals surface area contributed by atoms with E-state index in [2.05, 4.69) is 75.9 Å². The van der Waals surface area contributed by atoms with Crippen molar-refractivity contribution >= 4 is 31.9 Å². The Labute approximate surface area is 127 Å². The molecule has 1 rings (SSSR count). The Kier molecular flexibility index (Phi) is 6.85. The Hall–Kier alpha value is 0.1000. The summed E-state index contributed by atoms with van der Waals surface area (Å²) in [4.78, 5) is 2.40. The van der Waals surface area contributed by atoms with E-state index in [1.807, 2.05) is 0 Å². The molecule has 102 valence electrons. The van der Waals surface area contributed by atoms with Crippen molar-refractivity contribution < 1.29 is 0 Å². The van der Waals surface area contributed by atoms with Crippen molar-refractivity contribution in [3.8, 4) is 0 Å². The van der Waals surface area contributed by atoms with Crippen molar-refractivity contribution in [2.24, 2.45) is 5.73 Å². The fraction of sp³-hybridized carbons (Fsp3) is 0.571. The average molecular weight is 378 g/mol. The van der Waals surface area contributed by atoms with Crippen molar-refractivity contribution in [1.82, 2.24) is 4.90 Å². The zero-order valence-electron chi connectivity index (χ0n) is 11.3. The fourth-order valence-electron chi connectivity index (χ4n) is 2.38. The first-order valence-electron chi connectivity index (χ1n) is 6.42. The summed E-state index contributed by atoms with van der Waals surface area (Å²) < 4.78 is 2.16. The minimum Gasteiger partial charge on any atom is -0.329 e. The molecule has 1 aromatic rings. The van der Waals surface area contributed by atoms with E-state index in [4.69, 9.17) is 5.73 Å². The third-order valence-corrected chi connectivity index (χ3v) is 5.44. The molecule has 0 amide bonds. The number of likely N-dealkylation sites (N-methyl/N-ethyl adjacent to an activating group) is 1. The highest BCUT2D eigenvalue weighted by Gasteiger charge is 2.21. The van der Waals surface area contributed by atoms with Crippen molar-refractivity contribution in [1.29, 1.82) is 0 Å². The minimum absolute atomic E-state index is 0.277. The molecule has 0 aliphatic carbocycles. The topological polar surface area (TPSA) is 29.3 Å². The summed E-state index contributed by atoms with van der Waals surface area (Å²) in [6.07, 6.45) is 2.31. The molecule has 0 aliphatic heterocycles. The molecule has 0 aromatic heterocycles. The van der Waals surface area contributed by atoms with Gasteiger partial charge in [-0.05, 0) is 69.4 Å². The van der Waals surface area contributed by atoms with E-state index in [0.717, 1.165) is 21.8 Å². The second-order valence-electron chi connectivity index (χ2n) is 4.56. The first kappa shape index (κ1) is 16.2. The molecule has 0 bridgehead atoms. The molecule has 2 nitrogen and oxygen atoms in total. The van der Waals surface area contributed by atoms with Gasteiger partial charge in [0, 0.05) is 27.6 Å². The summed E-state index contributed by atoms with van der Waals surface area (Å²) in [6.45, 7) is 5.10. The Morgan fingerprint density at radius 1 is 1.17 bits per heavy atom. The van der Waals surface area contributed by atoms with E-state index in [1.54, 1.807) is 0 Å². The summed E-state index contributed by atoms with van der Waals surface area (Å²) in [5.41, 5.74) is 7.24. The fourth-order valence-corrected chi connectivity index (χ4v) is 3.02. The predicted molar refractivity (Wildman–Crippen MR) is 85.8 cm³/mol. The van der Waals surface area contributed by atoms with Gasteiger partial charge in [-0.2, -0.15) is 0 Å². The maximum Gasteiger partial charge on any atom is 0.0470 e. The lowest BCUT2D eigenvalue weighted by molar-refractivity contribution is 0.167. The smallest absolute Gasteiger partial charge is 0.0470 e. The monoisotopic (exact) mass is 376 g/mol. The highest BCUT2D eigenvalue weighted by molar-refractivity contribution is 9.13. The maximum atomic E-state index is 5.97. The number of benzene rings is 1. The molecule has 0 saturated heterocycles. The molecule has 0 aliphatic rings. The number of hydrogen-bond acceptors (Lipinski definition) is 2. The van der Waals surface area contributed by atoms with Crippen LogP contribution < -0.4 is 5.73 Å². The quantitative estimate of drug-likeness (QED) is 0.799. The van der Waals surface area contributed by atoms with Gasteiger partial charge in [-0.1, -0.05) is 19.9 Å². The van der Waals surface area contributed by atoms with E-state index in [1.165, 1.54) is 5.56 Å². The third-order valence-electron chi connectivity index (χ3n) is 3.56. The normalized spacial score (nSPS) is 13.3. The SMILES string of the molecule is CCC(CC)N(C)C(CN)c1ccc(Br)c(Br)c1. The Morgan fingerprint density at radius 3 is 2.22 bits per heavy atom. The van der Waals surface area contributed by atoms with Crippen LogP contribution in [0.4, 0.5) is 0 Å².